The summed E-state index contributed by atoms with van der Waals surface area (Å²) >= 11 is 6.20. The first-order valence-corrected chi connectivity index (χ1v) is 11.6. The highest BCUT2D eigenvalue weighted by atomic mass is 35.5. The van der Waals surface area contributed by atoms with Gasteiger partial charge in [0.2, 0.25) is 17.7 Å². The van der Waals surface area contributed by atoms with Gasteiger partial charge in [0.15, 0.2) is 0 Å². The summed E-state index contributed by atoms with van der Waals surface area (Å²) in [7, 11) is 0. The van der Waals surface area contributed by atoms with E-state index in [0.717, 1.165) is 0 Å². The third-order valence-electron chi connectivity index (χ3n) is 6.79. The van der Waals surface area contributed by atoms with E-state index < -0.39 is 11.9 Å². The van der Waals surface area contributed by atoms with Crippen LogP contribution < -0.4 is 14.5 Å². The molecule has 0 bridgehead atoms. The standard InChI is InChI=1S/C26H23ClN2O5/c1-15-5-4-6-19-23(15)25(32)29(24(19)31)17-9-11-18(12-10-17)34-26(33)16-13-22(30)28(14-16)21-8-3-2-7-20(21)27/h2-5,7-12,15-16,19,23H,6,13-14H2,1H3/t15-,16-,19+,23-/m1/s1. The van der Waals surface area contributed by atoms with Crippen LogP contribution in [0.3, 0.4) is 0 Å². The molecule has 0 aromatic heterocycles. The fraction of sp³-hybridized carbons (Fsp3) is 0.308. The molecule has 3 amide bonds. The number of allylic oxidation sites excluding steroid dienone is 2. The van der Waals surface area contributed by atoms with Gasteiger partial charge in [0.05, 0.1) is 34.2 Å². The first-order valence-electron chi connectivity index (χ1n) is 11.3. The maximum absolute atomic E-state index is 12.9. The van der Waals surface area contributed by atoms with Crippen LogP contribution in [-0.4, -0.2) is 30.2 Å². The van der Waals surface area contributed by atoms with E-state index in [1.54, 1.807) is 48.5 Å². The molecule has 8 heteroatoms. The summed E-state index contributed by atoms with van der Waals surface area (Å²) in [5, 5.41) is 0.441. The summed E-state index contributed by atoms with van der Waals surface area (Å²) < 4.78 is 5.49. The average molecular weight is 479 g/mol. The van der Waals surface area contributed by atoms with E-state index in [1.165, 1.54) is 9.80 Å². The fourth-order valence-corrected chi connectivity index (χ4v) is 5.27. The zero-order valence-electron chi connectivity index (χ0n) is 18.5. The van der Waals surface area contributed by atoms with Crippen molar-refractivity contribution in [3.8, 4) is 5.75 Å². The Kier molecular flexibility index (Phi) is 5.73. The van der Waals surface area contributed by atoms with E-state index >= 15 is 0 Å². The van der Waals surface area contributed by atoms with E-state index in [1.807, 2.05) is 19.1 Å². The highest BCUT2D eigenvalue weighted by molar-refractivity contribution is 6.34. The number of rotatable bonds is 4. The van der Waals surface area contributed by atoms with Gasteiger partial charge in [-0.2, -0.15) is 0 Å². The summed E-state index contributed by atoms with van der Waals surface area (Å²) in [5.74, 6) is -2.09. The maximum atomic E-state index is 12.9. The van der Waals surface area contributed by atoms with Gasteiger partial charge in [0.1, 0.15) is 5.75 Å². The zero-order valence-corrected chi connectivity index (χ0v) is 19.3. The Morgan fingerprint density at radius 1 is 1.03 bits per heavy atom. The molecule has 0 spiro atoms. The molecule has 1 aliphatic carbocycles. The van der Waals surface area contributed by atoms with Gasteiger partial charge in [-0.3, -0.25) is 24.1 Å². The second-order valence-electron chi connectivity index (χ2n) is 8.94. The number of fused-ring (bicyclic) bond motifs is 1. The molecule has 174 valence electrons. The van der Waals surface area contributed by atoms with Crippen molar-refractivity contribution in [2.24, 2.45) is 23.7 Å². The second-order valence-corrected chi connectivity index (χ2v) is 9.35. The predicted octanol–water partition coefficient (Wildman–Crippen LogP) is 4.00. The normalized spacial score (nSPS) is 26.2. The third-order valence-corrected chi connectivity index (χ3v) is 7.11. The lowest BCUT2D eigenvalue weighted by atomic mass is 9.78. The van der Waals surface area contributed by atoms with Crippen LogP contribution in [0.25, 0.3) is 0 Å². The van der Waals surface area contributed by atoms with Gasteiger partial charge in [-0.1, -0.05) is 42.8 Å². The Morgan fingerprint density at radius 3 is 2.47 bits per heavy atom. The molecule has 2 aromatic carbocycles. The molecule has 2 saturated heterocycles. The van der Waals surface area contributed by atoms with Crippen molar-refractivity contribution in [3.05, 3.63) is 65.7 Å². The minimum atomic E-state index is -0.623. The second kappa shape index (κ2) is 8.72. The molecule has 2 fully saturated rings. The van der Waals surface area contributed by atoms with E-state index in [-0.39, 0.29) is 54.2 Å². The van der Waals surface area contributed by atoms with Crippen molar-refractivity contribution in [2.75, 3.05) is 16.3 Å². The molecular weight excluding hydrogens is 456 g/mol. The van der Waals surface area contributed by atoms with Crippen LogP contribution in [0.2, 0.25) is 5.02 Å². The smallest absolute Gasteiger partial charge is 0.316 e. The number of carbonyl (C=O) groups excluding carboxylic acids is 4. The van der Waals surface area contributed by atoms with Crippen LogP contribution in [0.15, 0.2) is 60.7 Å². The largest absolute Gasteiger partial charge is 0.426 e. The molecule has 2 heterocycles. The van der Waals surface area contributed by atoms with E-state index in [9.17, 15) is 19.2 Å². The van der Waals surface area contributed by atoms with Crippen LogP contribution in [0, 0.1) is 23.7 Å². The number of nitrogens with zero attached hydrogens (tertiary/aromatic N) is 2. The minimum Gasteiger partial charge on any atom is -0.426 e. The number of carbonyl (C=O) groups is 4. The number of halogens is 1. The lowest BCUT2D eigenvalue weighted by Crippen LogP contribution is -2.31. The van der Waals surface area contributed by atoms with Crippen molar-refractivity contribution in [1.82, 2.24) is 0 Å². The topological polar surface area (TPSA) is 84.0 Å². The highest BCUT2D eigenvalue weighted by Crippen LogP contribution is 2.40. The number of hydrogen-bond acceptors (Lipinski definition) is 5. The monoisotopic (exact) mass is 478 g/mol. The Morgan fingerprint density at radius 2 is 1.76 bits per heavy atom. The van der Waals surface area contributed by atoms with Gasteiger partial charge in [0.25, 0.3) is 0 Å². The third kappa shape index (κ3) is 3.80. The number of para-hydroxylation sites is 1. The van der Waals surface area contributed by atoms with Gasteiger partial charge in [-0.25, -0.2) is 0 Å². The van der Waals surface area contributed by atoms with Crippen molar-refractivity contribution in [2.45, 2.75) is 19.8 Å². The van der Waals surface area contributed by atoms with Gasteiger partial charge in [-0.05, 0) is 48.7 Å². The number of imide groups is 1. The van der Waals surface area contributed by atoms with E-state index in [2.05, 4.69) is 0 Å². The molecule has 7 nitrogen and oxygen atoms in total. The van der Waals surface area contributed by atoms with Gasteiger partial charge in [-0.15, -0.1) is 0 Å². The fourth-order valence-electron chi connectivity index (χ4n) is 5.03. The summed E-state index contributed by atoms with van der Waals surface area (Å²) in [6, 6.07) is 13.3. The first-order chi connectivity index (χ1) is 16.3. The van der Waals surface area contributed by atoms with Crippen LogP contribution in [0.4, 0.5) is 11.4 Å². The number of benzene rings is 2. The Hall–Kier alpha value is -3.45. The lowest BCUT2D eigenvalue weighted by molar-refractivity contribution is -0.139. The Labute approximate surface area is 201 Å². The van der Waals surface area contributed by atoms with Crippen molar-refractivity contribution >= 4 is 46.7 Å². The number of amides is 3. The summed E-state index contributed by atoms with van der Waals surface area (Å²) in [5.41, 5.74) is 1.02. The zero-order chi connectivity index (χ0) is 24.0. The van der Waals surface area contributed by atoms with E-state index in [4.69, 9.17) is 16.3 Å². The van der Waals surface area contributed by atoms with Crippen molar-refractivity contribution in [1.29, 1.82) is 0 Å². The number of anilines is 2. The molecule has 0 radical (unpaired) electrons. The average Bonchev–Trinajstić information content (AvgIpc) is 3.33. The van der Waals surface area contributed by atoms with Crippen LogP contribution in [0.5, 0.6) is 5.75 Å². The Bertz CT molecular complexity index is 1210. The molecule has 2 aliphatic heterocycles. The highest BCUT2D eigenvalue weighted by Gasteiger charge is 2.50. The summed E-state index contributed by atoms with van der Waals surface area (Å²) in [6.45, 7) is 2.14. The molecule has 5 rings (SSSR count). The quantitative estimate of drug-likeness (QED) is 0.287. The van der Waals surface area contributed by atoms with Gasteiger partial charge >= 0.3 is 5.97 Å². The van der Waals surface area contributed by atoms with E-state index in [0.29, 0.717) is 22.8 Å². The Balaban J connectivity index is 1.26. The predicted molar refractivity (Wildman–Crippen MR) is 126 cm³/mol. The van der Waals surface area contributed by atoms with Crippen molar-refractivity contribution in [3.63, 3.8) is 0 Å². The minimum absolute atomic E-state index is 0.0138. The molecular formula is C26H23ClN2O5. The number of ether oxygens (including phenoxy) is 1. The molecule has 0 saturated carbocycles. The molecule has 34 heavy (non-hydrogen) atoms. The van der Waals surface area contributed by atoms with Gasteiger partial charge in [0, 0.05) is 13.0 Å². The van der Waals surface area contributed by atoms with Crippen LogP contribution >= 0.6 is 11.6 Å². The summed E-state index contributed by atoms with van der Waals surface area (Å²) in [4.78, 5) is 53.7. The molecule has 3 aliphatic rings. The lowest BCUT2D eigenvalue weighted by Gasteiger charge is -2.22. The van der Waals surface area contributed by atoms with Crippen molar-refractivity contribution < 1.29 is 23.9 Å². The first kappa shape index (κ1) is 22.3. The number of hydrogen-bond donors (Lipinski definition) is 0. The number of esters is 1. The van der Waals surface area contributed by atoms with Crippen LogP contribution in [0.1, 0.15) is 19.8 Å². The molecule has 0 N–H and O–H groups in total. The molecule has 4 atom stereocenters. The van der Waals surface area contributed by atoms with Crippen LogP contribution in [-0.2, 0) is 19.2 Å². The van der Waals surface area contributed by atoms with Gasteiger partial charge < -0.3 is 9.64 Å². The molecule has 0 unspecified atom stereocenters. The maximum Gasteiger partial charge on any atom is 0.316 e. The SMILES string of the molecule is C[C@@H]1C=CC[C@@H]2C(=O)N(c3ccc(OC(=O)[C@@H]4CC(=O)N(c5ccccc5Cl)C4)cc3)C(=O)[C@H]12. The molecule has 2 aromatic rings. The summed E-state index contributed by atoms with van der Waals surface area (Å²) in [6.07, 6.45) is 4.55.